The Bertz CT molecular complexity index is 591. The van der Waals surface area contributed by atoms with Crippen LogP contribution in [0.5, 0.6) is 11.8 Å². The van der Waals surface area contributed by atoms with Crippen LogP contribution in [0.3, 0.4) is 0 Å². The predicted molar refractivity (Wildman–Crippen MR) is 67.9 cm³/mol. The van der Waals surface area contributed by atoms with Gasteiger partial charge < -0.3 is 4.74 Å². The number of benzene rings is 1. The number of nitro benzene ring substituents is 1. The van der Waals surface area contributed by atoms with E-state index in [0.717, 1.165) is 15.7 Å². The first-order valence-corrected chi connectivity index (χ1v) is 5.73. The summed E-state index contributed by atoms with van der Waals surface area (Å²) >= 11 is 2.03. The van der Waals surface area contributed by atoms with E-state index in [4.69, 9.17) is 4.74 Å². The first kappa shape index (κ1) is 12.6. The van der Waals surface area contributed by atoms with Gasteiger partial charge in [-0.3, -0.25) is 10.1 Å². The van der Waals surface area contributed by atoms with Gasteiger partial charge >= 0.3 is 11.7 Å². The maximum Gasteiger partial charge on any atom is 0.321 e. The van der Waals surface area contributed by atoms with Crippen molar-refractivity contribution in [3.8, 4) is 11.8 Å². The zero-order chi connectivity index (χ0) is 13.1. The molecule has 8 heteroatoms. The first-order valence-electron chi connectivity index (χ1n) is 4.65. The van der Waals surface area contributed by atoms with Gasteiger partial charge in [0.2, 0.25) is 5.82 Å². The van der Waals surface area contributed by atoms with Gasteiger partial charge in [0.25, 0.3) is 0 Å². The van der Waals surface area contributed by atoms with Crippen molar-refractivity contribution in [1.29, 1.82) is 0 Å². The summed E-state index contributed by atoms with van der Waals surface area (Å²) in [5.41, 5.74) is -0.606. The smallest absolute Gasteiger partial charge is 0.321 e. The summed E-state index contributed by atoms with van der Waals surface area (Å²) < 4.78 is 19.3. The molecule has 0 saturated heterocycles. The van der Waals surface area contributed by atoms with Gasteiger partial charge in [0.05, 0.1) is 4.92 Å². The third-order valence-electron chi connectivity index (χ3n) is 1.92. The highest BCUT2D eigenvalue weighted by Gasteiger charge is 2.14. The van der Waals surface area contributed by atoms with Gasteiger partial charge in [0, 0.05) is 28.1 Å². The summed E-state index contributed by atoms with van der Waals surface area (Å²) in [6.45, 7) is 0. The van der Waals surface area contributed by atoms with Crippen molar-refractivity contribution in [3.63, 3.8) is 0 Å². The molecule has 2 rings (SSSR count). The second-order valence-corrected chi connectivity index (χ2v) is 4.40. The van der Waals surface area contributed by atoms with Gasteiger partial charge in [-0.05, 0) is 28.7 Å². The Balaban J connectivity index is 2.22. The molecule has 2 aromatic rings. The van der Waals surface area contributed by atoms with E-state index in [9.17, 15) is 14.5 Å². The van der Waals surface area contributed by atoms with E-state index in [-0.39, 0.29) is 11.8 Å². The van der Waals surface area contributed by atoms with Crippen molar-refractivity contribution in [3.05, 3.63) is 50.1 Å². The Morgan fingerprint density at radius 1 is 1.33 bits per heavy atom. The molecule has 1 aromatic carbocycles. The first-order chi connectivity index (χ1) is 8.56. The van der Waals surface area contributed by atoms with Crippen molar-refractivity contribution in [1.82, 2.24) is 9.97 Å². The Morgan fingerprint density at radius 3 is 2.56 bits per heavy atom. The summed E-state index contributed by atoms with van der Waals surface area (Å²) in [5.74, 6) is -0.873. The average Bonchev–Trinajstić information content (AvgIpc) is 2.32. The lowest BCUT2D eigenvalue weighted by Gasteiger charge is -2.03. The van der Waals surface area contributed by atoms with Gasteiger partial charge in [0.15, 0.2) is 0 Å². The number of hydrogen-bond acceptors (Lipinski definition) is 5. The Morgan fingerprint density at radius 2 is 2.00 bits per heavy atom. The summed E-state index contributed by atoms with van der Waals surface area (Å²) in [7, 11) is 0. The molecule has 0 aliphatic heterocycles. The molecule has 0 N–H and O–H groups in total. The van der Waals surface area contributed by atoms with Crippen LogP contribution < -0.4 is 4.74 Å². The van der Waals surface area contributed by atoms with Gasteiger partial charge in [-0.25, -0.2) is 9.97 Å². The fourth-order valence-electron chi connectivity index (χ4n) is 1.16. The minimum absolute atomic E-state index is 0.0451. The van der Waals surface area contributed by atoms with E-state index >= 15 is 0 Å². The molecule has 1 heterocycles. The van der Waals surface area contributed by atoms with Crippen molar-refractivity contribution in [2.45, 2.75) is 0 Å². The largest absolute Gasteiger partial charge is 0.424 e. The number of nitrogens with zero attached hydrogens (tertiary/aromatic N) is 3. The normalized spacial score (nSPS) is 10.1. The molecule has 0 fully saturated rings. The van der Waals surface area contributed by atoms with Gasteiger partial charge in [-0.2, -0.15) is 4.39 Å². The zero-order valence-electron chi connectivity index (χ0n) is 8.71. The maximum absolute atomic E-state index is 13.3. The molecule has 0 amide bonds. The molecule has 0 bridgehead atoms. The topological polar surface area (TPSA) is 78.2 Å². The van der Waals surface area contributed by atoms with Crippen LogP contribution in [0.2, 0.25) is 0 Å². The van der Waals surface area contributed by atoms with Crippen LogP contribution in [0.4, 0.5) is 10.1 Å². The van der Waals surface area contributed by atoms with Crippen LogP contribution in [0.1, 0.15) is 0 Å². The van der Waals surface area contributed by atoms with Crippen LogP contribution in [-0.4, -0.2) is 14.9 Å². The highest BCUT2D eigenvalue weighted by molar-refractivity contribution is 14.1. The molecule has 0 saturated carbocycles. The Labute approximate surface area is 114 Å². The molecule has 0 spiro atoms. The lowest BCUT2D eigenvalue weighted by Crippen LogP contribution is -1.95. The fraction of sp³-hybridized carbons (Fsp3) is 0. The third-order valence-corrected chi connectivity index (χ3v) is 2.48. The van der Waals surface area contributed by atoms with Crippen molar-refractivity contribution >= 4 is 28.3 Å². The third kappa shape index (κ3) is 2.88. The van der Waals surface area contributed by atoms with E-state index in [1.165, 1.54) is 18.5 Å². The second kappa shape index (κ2) is 5.21. The number of hydrogen-bond donors (Lipinski definition) is 0. The number of rotatable bonds is 3. The molecule has 0 aliphatic carbocycles. The van der Waals surface area contributed by atoms with Crippen LogP contribution in [0, 0.1) is 19.5 Å². The molecule has 18 heavy (non-hydrogen) atoms. The quantitative estimate of drug-likeness (QED) is 0.477. The van der Waals surface area contributed by atoms with E-state index < -0.39 is 16.4 Å². The predicted octanol–water partition coefficient (Wildman–Crippen LogP) is 2.92. The van der Waals surface area contributed by atoms with Crippen molar-refractivity contribution < 1.29 is 14.1 Å². The number of halogens is 2. The highest BCUT2D eigenvalue weighted by atomic mass is 127. The minimum atomic E-state index is -0.969. The molecular weight excluding hydrogens is 356 g/mol. The summed E-state index contributed by atoms with van der Waals surface area (Å²) in [5, 5.41) is 10.4. The Kier molecular flexibility index (Phi) is 3.65. The molecule has 0 unspecified atom stereocenters. The molecule has 0 aliphatic rings. The second-order valence-electron chi connectivity index (χ2n) is 3.16. The van der Waals surface area contributed by atoms with Crippen molar-refractivity contribution in [2.75, 3.05) is 0 Å². The summed E-state index contributed by atoms with van der Waals surface area (Å²) in [4.78, 5) is 17.4. The van der Waals surface area contributed by atoms with Crippen LogP contribution in [0.25, 0.3) is 0 Å². The molecule has 1 aromatic heterocycles. The number of nitro groups is 1. The number of aromatic nitrogens is 2. The van der Waals surface area contributed by atoms with Crippen LogP contribution in [-0.2, 0) is 0 Å². The molecule has 92 valence electrons. The van der Waals surface area contributed by atoms with Gasteiger partial charge in [0.1, 0.15) is 5.75 Å². The molecular formula is C10H5FIN3O3. The average molecular weight is 361 g/mol. The monoisotopic (exact) mass is 361 g/mol. The lowest BCUT2D eigenvalue weighted by molar-refractivity contribution is -0.387. The SMILES string of the molecule is O=[N+]([O-])c1ccc(Oc2ncc(I)cn2)cc1F. The summed E-state index contributed by atoms with van der Waals surface area (Å²) in [6, 6.07) is 3.27. The maximum atomic E-state index is 13.3. The number of ether oxygens (including phenoxy) is 1. The van der Waals surface area contributed by atoms with E-state index in [1.54, 1.807) is 0 Å². The van der Waals surface area contributed by atoms with Crippen molar-refractivity contribution in [2.24, 2.45) is 0 Å². The summed E-state index contributed by atoms with van der Waals surface area (Å²) in [6.07, 6.45) is 3.06. The molecule has 0 atom stereocenters. The highest BCUT2D eigenvalue weighted by Crippen LogP contribution is 2.24. The van der Waals surface area contributed by atoms with Gasteiger partial charge in [-0.15, -0.1) is 0 Å². The van der Waals surface area contributed by atoms with Gasteiger partial charge in [-0.1, -0.05) is 0 Å². The molecule has 0 radical (unpaired) electrons. The standard InChI is InChI=1S/C10H5FIN3O3/c11-8-3-7(1-2-9(8)15(16)17)18-10-13-4-6(12)5-14-10/h1-5H. The lowest BCUT2D eigenvalue weighted by atomic mass is 10.3. The minimum Gasteiger partial charge on any atom is -0.424 e. The van der Waals surface area contributed by atoms with E-state index in [0.29, 0.717) is 0 Å². The van der Waals surface area contributed by atoms with E-state index in [2.05, 4.69) is 9.97 Å². The molecule has 6 nitrogen and oxygen atoms in total. The van der Waals surface area contributed by atoms with E-state index in [1.807, 2.05) is 22.6 Å². The van der Waals surface area contributed by atoms with Crippen LogP contribution in [0.15, 0.2) is 30.6 Å². The Hall–Kier alpha value is -1.84. The van der Waals surface area contributed by atoms with Crippen LogP contribution >= 0.6 is 22.6 Å². The zero-order valence-corrected chi connectivity index (χ0v) is 10.9. The fourth-order valence-corrected chi connectivity index (χ4v) is 1.44.